The van der Waals surface area contributed by atoms with E-state index in [1.54, 1.807) is 0 Å². The van der Waals surface area contributed by atoms with Crippen LogP contribution in [0.3, 0.4) is 0 Å². The zero-order chi connectivity index (χ0) is 14.8. The van der Waals surface area contributed by atoms with E-state index in [1.165, 1.54) is 11.5 Å². The second kappa shape index (κ2) is 6.27. The van der Waals surface area contributed by atoms with Gasteiger partial charge in [0.2, 0.25) is 11.0 Å². The van der Waals surface area contributed by atoms with E-state index in [1.807, 2.05) is 11.9 Å². The maximum Gasteiger partial charge on any atom is 0.239 e. The molecule has 2 saturated heterocycles. The smallest absolute Gasteiger partial charge is 0.239 e. The molecule has 1 unspecified atom stereocenters. The van der Waals surface area contributed by atoms with Gasteiger partial charge in [0.25, 0.3) is 0 Å². The van der Waals surface area contributed by atoms with Crippen LogP contribution in [-0.4, -0.2) is 63.8 Å². The standard InChI is InChI=1S/C14H23N5OS/c1-3-12-16-14(21-17-12)15-10-4-8-19(9-5-10)11-6-7-18(2)13(11)20/h10-11H,3-9H2,1-2H3,(H,15,16,17). The summed E-state index contributed by atoms with van der Waals surface area (Å²) >= 11 is 1.45. The molecule has 116 valence electrons. The van der Waals surface area contributed by atoms with Crippen LogP contribution in [0.15, 0.2) is 0 Å². The van der Waals surface area contributed by atoms with E-state index < -0.39 is 0 Å². The van der Waals surface area contributed by atoms with Gasteiger partial charge in [-0.1, -0.05) is 6.92 Å². The highest BCUT2D eigenvalue weighted by molar-refractivity contribution is 7.09. The predicted molar refractivity (Wildman–Crippen MR) is 83.5 cm³/mol. The minimum atomic E-state index is 0.115. The Balaban J connectivity index is 1.50. The van der Waals surface area contributed by atoms with E-state index in [2.05, 4.69) is 26.5 Å². The summed E-state index contributed by atoms with van der Waals surface area (Å²) in [7, 11) is 1.90. The van der Waals surface area contributed by atoms with Crippen LogP contribution < -0.4 is 5.32 Å². The van der Waals surface area contributed by atoms with Crippen LogP contribution in [0.5, 0.6) is 0 Å². The topological polar surface area (TPSA) is 61.4 Å². The first-order valence-electron chi connectivity index (χ1n) is 7.75. The van der Waals surface area contributed by atoms with Crippen molar-refractivity contribution in [3.8, 4) is 0 Å². The fourth-order valence-corrected chi connectivity index (χ4v) is 3.86. The molecule has 1 aromatic heterocycles. The lowest BCUT2D eigenvalue weighted by Gasteiger charge is -2.35. The Labute approximate surface area is 129 Å². The molecular formula is C14H23N5OS. The minimum Gasteiger partial charge on any atom is -0.357 e. The van der Waals surface area contributed by atoms with E-state index >= 15 is 0 Å². The average Bonchev–Trinajstić information content (AvgIpc) is 3.08. The Bertz CT molecular complexity index is 497. The molecule has 2 aliphatic heterocycles. The number of carbonyl (C=O) groups is 1. The third-order valence-corrected chi connectivity index (χ3v) is 5.17. The monoisotopic (exact) mass is 309 g/mol. The number of amides is 1. The molecule has 1 amide bonds. The number of hydrogen-bond acceptors (Lipinski definition) is 6. The first-order chi connectivity index (χ1) is 10.2. The van der Waals surface area contributed by atoms with Crippen LogP contribution in [0, 0.1) is 0 Å². The lowest BCUT2D eigenvalue weighted by atomic mass is 10.0. The van der Waals surface area contributed by atoms with Crippen LogP contribution in [0.25, 0.3) is 0 Å². The SMILES string of the molecule is CCc1nsc(NC2CCN(C3CCN(C)C3=O)CC2)n1. The number of rotatable bonds is 4. The van der Waals surface area contributed by atoms with Crippen molar-refractivity contribution in [3.05, 3.63) is 5.82 Å². The molecule has 0 saturated carbocycles. The number of likely N-dealkylation sites (tertiary alicyclic amines) is 2. The highest BCUT2D eigenvalue weighted by atomic mass is 32.1. The van der Waals surface area contributed by atoms with Gasteiger partial charge in [0.1, 0.15) is 5.82 Å². The van der Waals surface area contributed by atoms with E-state index in [0.29, 0.717) is 6.04 Å². The number of hydrogen-bond donors (Lipinski definition) is 1. The fourth-order valence-electron chi connectivity index (χ4n) is 3.13. The van der Waals surface area contributed by atoms with Crippen LogP contribution in [-0.2, 0) is 11.2 Å². The van der Waals surface area contributed by atoms with Crippen molar-refractivity contribution < 1.29 is 4.79 Å². The molecule has 1 atom stereocenters. The molecule has 0 spiro atoms. The third kappa shape index (κ3) is 3.18. The first-order valence-corrected chi connectivity index (χ1v) is 8.53. The van der Waals surface area contributed by atoms with Crippen molar-refractivity contribution >= 4 is 22.6 Å². The van der Waals surface area contributed by atoms with Gasteiger partial charge < -0.3 is 10.2 Å². The second-order valence-corrected chi connectivity index (χ2v) is 6.64. The number of aromatic nitrogens is 2. The normalized spacial score (nSPS) is 24.8. The van der Waals surface area contributed by atoms with Gasteiger partial charge in [0, 0.05) is 50.7 Å². The van der Waals surface area contributed by atoms with E-state index in [0.717, 1.165) is 56.3 Å². The predicted octanol–water partition coefficient (Wildman–Crippen LogP) is 1.21. The largest absolute Gasteiger partial charge is 0.357 e. The van der Waals surface area contributed by atoms with Crippen LogP contribution >= 0.6 is 11.5 Å². The van der Waals surface area contributed by atoms with Gasteiger partial charge in [-0.25, -0.2) is 4.98 Å². The van der Waals surface area contributed by atoms with Gasteiger partial charge in [0.05, 0.1) is 6.04 Å². The highest BCUT2D eigenvalue weighted by Gasteiger charge is 2.35. The van der Waals surface area contributed by atoms with Crippen molar-refractivity contribution in [3.63, 3.8) is 0 Å². The zero-order valence-corrected chi connectivity index (χ0v) is 13.5. The molecular weight excluding hydrogens is 286 g/mol. The van der Waals surface area contributed by atoms with Crippen molar-refractivity contribution in [2.45, 2.75) is 44.7 Å². The van der Waals surface area contributed by atoms with Gasteiger partial charge in [0.15, 0.2) is 0 Å². The van der Waals surface area contributed by atoms with E-state index in [9.17, 15) is 4.79 Å². The second-order valence-electron chi connectivity index (χ2n) is 5.89. The van der Waals surface area contributed by atoms with Gasteiger partial charge in [-0.2, -0.15) is 4.37 Å². The Hall–Kier alpha value is -1.21. The molecule has 21 heavy (non-hydrogen) atoms. The number of carbonyl (C=O) groups excluding carboxylic acids is 1. The summed E-state index contributed by atoms with van der Waals surface area (Å²) in [5.74, 6) is 1.21. The Morgan fingerprint density at radius 3 is 2.62 bits per heavy atom. The molecule has 0 aromatic carbocycles. The summed E-state index contributed by atoms with van der Waals surface area (Å²) in [6, 6.07) is 0.567. The number of likely N-dealkylation sites (N-methyl/N-ethyl adjacent to an activating group) is 1. The third-order valence-electron chi connectivity index (χ3n) is 4.48. The summed E-state index contributed by atoms with van der Waals surface area (Å²) in [6.45, 7) is 4.94. The van der Waals surface area contributed by atoms with Gasteiger partial charge >= 0.3 is 0 Å². The molecule has 1 aromatic rings. The Morgan fingerprint density at radius 2 is 2.05 bits per heavy atom. The quantitative estimate of drug-likeness (QED) is 0.906. The zero-order valence-electron chi connectivity index (χ0n) is 12.7. The maximum atomic E-state index is 12.1. The number of nitrogens with one attached hydrogen (secondary N) is 1. The molecule has 7 heteroatoms. The van der Waals surface area contributed by atoms with Crippen LogP contribution in [0.4, 0.5) is 5.13 Å². The van der Waals surface area contributed by atoms with E-state index in [4.69, 9.17) is 0 Å². The molecule has 6 nitrogen and oxygen atoms in total. The molecule has 0 radical (unpaired) electrons. The molecule has 3 heterocycles. The van der Waals surface area contributed by atoms with Crippen molar-refractivity contribution in [2.75, 3.05) is 32.0 Å². The van der Waals surface area contributed by atoms with E-state index in [-0.39, 0.29) is 11.9 Å². The molecule has 1 N–H and O–H groups in total. The molecule has 2 fully saturated rings. The summed E-state index contributed by atoms with van der Waals surface area (Å²) < 4.78 is 4.30. The summed E-state index contributed by atoms with van der Waals surface area (Å²) in [5.41, 5.74) is 0. The summed E-state index contributed by atoms with van der Waals surface area (Å²) in [5, 5.41) is 4.42. The average molecular weight is 309 g/mol. The fraction of sp³-hybridized carbons (Fsp3) is 0.786. The van der Waals surface area contributed by atoms with Gasteiger partial charge in [-0.05, 0) is 19.3 Å². The lowest BCUT2D eigenvalue weighted by Crippen LogP contribution is -2.47. The maximum absolute atomic E-state index is 12.1. The van der Waals surface area contributed by atoms with Crippen molar-refractivity contribution in [2.24, 2.45) is 0 Å². The Kier molecular flexibility index (Phi) is 4.40. The number of nitrogens with zero attached hydrogens (tertiary/aromatic N) is 4. The molecule has 2 aliphatic rings. The number of anilines is 1. The lowest BCUT2D eigenvalue weighted by molar-refractivity contribution is -0.131. The number of aryl methyl sites for hydroxylation is 1. The summed E-state index contributed by atoms with van der Waals surface area (Å²) in [6.07, 6.45) is 3.99. The minimum absolute atomic E-state index is 0.115. The van der Waals surface area contributed by atoms with Crippen LogP contribution in [0.2, 0.25) is 0 Å². The van der Waals surface area contributed by atoms with Crippen molar-refractivity contribution in [1.29, 1.82) is 0 Å². The molecule has 0 bridgehead atoms. The van der Waals surface area contributed by atoms with Gasteiger partial charge in [-0.3, -0.25) is 9.69 Å². The van der Waals surface area contributed by atoms with Crippen molar-refractivity contribution in [1.82, 2.24) is 19.2 Å². The number of piperidine rings is 1. The van der Waals surface area contributed by atoms with Gasteiger partial charge in [-0.15, -0.1) is 0 Å². The summed E-state index contributed by atoms with van der Waals surface area (Å²) in [4.78, 5) is 20.7. The molecule has 3 rings (SSSR count). The van der Waals surface area contributed by atoms with Crippen LogP contribution in [0.1, 0.15) is 32.0 Å². The molecule has 0 aliphatic carbocycles. The first kappa shape index (κ1) is 14.7. The highest BCUT2D eigenvalue weighted by Crippen LogP contribution is 2.23. The Morgan fingerprint density at radius 1 is 1.29 bits per heavy atom.